The molecule has 2 aromatic rings. The molecule has 4 N–H and O–H groups in total. The van der Waals surface area contributed by atoms with Gasteiger partial charge in [0.15, 0.2) is 0 Å². The number of benzene rings is 1. The van der Waals surface area contributed by atoms with Gasteiger partial charge in [-0.1, -0.05) is 30.3 Å². The van der Waals surface area contributed by atoms with Crippen LogP contribution in [0.5, 0.6) is 0 Å². The minimum absolute atomic E-state index is 0.0762. The van der Waals surface area contributed by atoms with Crippen molar-refractivity contribution >= 4 is 39.3 Å². The van der Waals surface area contributed by atoms with Crippen LogP contribution >= 0.6 is 11.3 Å². The van der Waals surface area contributed by atoms with Crippen molar-refractivity contribution in [1.82, 2.24) is 10.6 Å². The van der Waals surface area contributed by atoms with Gasteiger partial charge in [-0.15, -0.1) is 11.3 Å². The number of esters is 1. The van der Waals surface area contributed by atoms with Gasteiger partial charge in [0.1, 0.15) is 4.21 Å². The third kappa shape index (κ3) is 4.88. The number of carbonyl (C=O) groups excluding carboxylic acids is 3. The van der Waals surface area contributed by atoms with E-state index in [0.717, 1.165) is 17.4 Å². The summed E-state index contributed by atoms with van der Waals surface area (Å²) < 4.78 is 27.6. The first-order chi connectivity index (χ1) is 12.2. The Morgan fingerprint density at radius 2 is 1.85 bits per heavy atom. The van der Waals surface area contributed by atoms with E-state index in [0.29, 0.717) is 5.56 Å². The van der Waals surface area contributed by atoms with Crippen LogP contribution in [-0.2, 0) is 19.6 Å². The van der Waals surface area contributed by atoms with E-state index in [1.54, 1.807) is 30.3 Å². The van der Waals surface area contributed by atoms with E-state index < -0.39 is 34.0 Å². The van der Waals surface area contributed by atoms with Crippen molar-refractivity contribution in [1.29, 1.82) is 0 Å². The van der Waals surface area contributed by atoms with Crippen molar-refractivity contribution in [2.45, 2.75) is 10.3 Å². The van der Waals surface area contributed by atoms with Crippen molar-refractivity contribution in [2.24, 2.45) is 5.14 Å². The number of hydrogen-bond donors (Lipinski definition) is 3. The fourth-order valence-electron chi connectivity index (χ4n) is 1.89. The van der Waals surface area contributed by atoms with E-state index in [-0.39, 0.29) is 9.77 Å². The summed E-state index contributed by atoms with van der Waals surface area (Å²) in [6.07, 6.45) is -1.40. The van der Waals surface area contributed by atoms with Gasteiger partial charge in [0, 0.05) is 18.0 Å². The molecule has 1 atom stereocenters. The van der Waals surface area contributed by atoms with Crippen LogP contribution in [-0.4, -0.2) is 33.4 Å². The lowest BCUT2D eigenvalue weighted by Gasteiger charge is -2.17. The molecule has 0 bridgehead atoms. The number of imide groups is 1. The summed E-state index contributed by atoms with van der Waals surface area (Å²) in [6, 6.07) is 8.35. The fraction of sp³-hybridized carbons (Fsp3) is 0.133. The molecule has 0 aliphatic heterocycles. The predicted octanol–water partition coefficient (Wildman–Crippen LogP) is 0.749. The van der Waals surface area contributed by atoms with Crippen LogP contribution in [0.15, 0.2) is 46.0 Å². The second-order valence-corrected chi connectivity index (χ2v) is 7.66. The molecule has 0 aliphatic carbocycles. The molecule has 26 heavy (non-hydrogen) atoms. The quantitative estimate of drug-likeness (QED) is 0.635. The molecule has 2 rings (SSSR count). The van der Waals surface area contributed by atoms with Crippen LogP contribution in [0, 0.1) is 0 Å². The number of sulfonamides is 1. The molecule has 1 aromatic heterocycles. The number of amides is 3. The Bertz CT molecular complexity index is 924. The summed E-state index contributed by atoms with van der Waals surface area (Å²) in [7, 11) is -2.63. The van der Waals surface area contributed by atoms with Gasteiger partial charge in [0.25, 0.3) is 5.91 Å². The zero-order valence-electron chi connectivity index (χ0n) is 13.5. The average molecular weight is 397 g/mol. The van der Waals surface area contributed by atoms with Crippen LogP contribution < -0.4 is 15.8 Å². The highest BCUT2D eigenvalue weighted by molar-refractivity contribution is 7.91. The number of urea groups is 1. The van der Waals surface area contributed by atoms with Crippen molar-refractivity contribution in [3.05, 3.63) is 52.9 Å². The molecule has 0 fully saturated rings. The van der Waals surface area contributed by atoms with Gasteiger partial charge >= 0.3 is 12.0 Å². The Balaban J connectivity index is 2.26. The number of nitrogens with one attached hydrogen (secondary N) is 2. The molecule has 0 aliphatic rings. The summed E-state index contributed by atoms with van der Waals surface area (Å²) in [5.74, 6) is -1.79. The van der Waals surface area contributed by atoms with Crippen LogP contribution in [0.4, 0.5) is 4.79 Å². The number of carbonyl (C=O) groups is 3. The maximum absolute atomic E-state index is 12.3. The number of ether oxygens (including phenoxy) is 1. The molecule has 9 nitrogen and oxygen atoms in total. The highest BCUT2D eigenvalue weighted by Gasteiger charge is 2.27. The first-order valence-corrected chi connectivity index (χ1v) is 9.55. The summed E-state index contributed by atoms with van der Waals surface area (Å²) in [4.78, 5) is 35.9. The minimum atomic E-state index is -3.95. The third-order valence-corrected chi connectivity index (χ3v) is 5.51. The third-order valence-electron chi connectivity index (χ3n) is 3.12. The van der Waals surface area contributed by atoms with Crippen LogP contribution in [0.3, 0.4) is 0 Å². The monoisotopic (exact) mass is 397 g/mol. The number of thiophene rings is 1. The van der Waals surface area contributed by atoms with Gasteiger partial charge < -0.3 is 10.1 Å². The number of primary sulfonamides is 1. The van der Waals surface area contributed by atoms with Crippen molar-refractivity contribution in [3.63, 3.8) is 0 Å². The highest BCUT2D eigenvalue weighted by atomic mass is 32.2. The molecule has 0 saturated heterocycles. The molecular formula is C15H15N3O6S2. The minimum Gasteiger partial charge on any atom is -0.444 e. The van der Waals surface area contributed by atoms with E-state index in [4.69, 9.17) is 9.88 Å². The van der Waals surface area contributed by atoms with E-state index in [9.17, 15) is 22.8 Å². The second kappa shape index (κ2) is 8.08. The van der Waals surface area contributed by atoms with Gasteiger partial charge in [-0.05, 0) is 6.07 Å². The van der Waals surface area contributed by atoms with Crippen molar-refractivity contribution in [3.8, 4) is 0 Å². The lowest BCUT2D eigenvalue weighted by atomic mass is 10.1. The van der Waals surface area contributed by atoms with Crippen LogP contribution in [0.1, 0.15) is 22.0 Å². The van der Waals surface area contributed by atoms with Gasteiger partial charge in [0.05, 0.1) is 5.56 Å². The van der Waals surface area contributed by atoms with Crippen LogP contribution in [0.25, 0.3) is 0 Å². The topological polar surface area (TPSA) is 145 Å². The highest BCUT2D eigenvalue weighted by Crippen LogP contribution is 2.23. The lowest BCUT2D eigenvalue weighted by molar-refractivity contribution is -0.129. The summed E-state index contributed by atoms with van der Waals surface area (Å²) in [6.45, 7) is 0. The van der Waals surface area contributed by atoms with E-state index in [2.05, 4.69) is 5.32 Å². The lowest BCUT2D eigenvalue weighted by Crippen LogP contribution is -2.41. The maximum atomic E-state index is 12.3. The number of hydrogen-bond acceptors (Lipinski definition) is 7. The Labute approximate surface area is 153 Å². The molecule has 3 amide bonds. The van der Waals surface area contributed by atoms with Crippen molar-refractivity contribution < 1.29 is 27.5 Å². The Morgan fingerprint density at radius 3 is 2.38 bits per heavy atom. The molecule has 0 spiro atoms. The molecule has 1 unspecified atom stereocenters. The van der Waals surface area contributed by atoms with Gasteiger partial charge in [0.2, 0.25) is 16.1 Å². The van der Waals surface area contributed by atoms with E-state index >= 15 is 0 Å². The Kier molecular flexibility index (Phi) is 6.08. The Morgan fingerprint density at radius 1 is 1.19 bits per heavy atom. The smallest absolute Gasteiger partial charge is 0.340 e. The number of nitrogens with two attached hydrogens (primary N) is 1. The summed E-state index contributed by atoms with van der Waals surface area (Å²) in [5, 5.41) is 10.5. The van der Waals surface area contributed by atoms with E-state index in [1.165, 1.54) is 12.4 Å². The standard InChI is InChI=1S/C15H15N3O6S2/c1-17-15(21)18-13(19)12(9-5-3-2-4-6-9)24-14(20)10-7-11(25-8-10)26(16,22)23/h2-8,12H,1H3,(H2,16,22,23)(H2,17,18,19,21). The molecule has 1 heterocycles. The summed E-state index contributed by atoms with van der Waals surface area (Å²) >= 11 is 0.752. The molecule has 138 valence electrons. The zero-order chi connectivity index (χ0) is 19.3. The molecule has 1 aromatic carbocycles. The average Bonchev–Trinajstić information content (AvgIpc) is 3.10. The number of rotatable bonds is 5. The van der Waals surface area contributed by atoms with Gasteiger partial charge in [-0.2, -0.15) is 0 Å². The first kappa shape index (κ1) is 19.6. The summed E-state index contributed by atoms with van der Waals surface area (Å²) in [5.41, 5.74) is 0.261. The first-order valence-electron chi connectivity index (χ1n) is 7.12. The fourth-order valence-corrected chi connectivity index (χ4v) is 3.46. The van der Waals surface area contributed by atoms with Crippen LogP contribution in [0.2, 0.25) is 0 Å². The normalized spacial score (nSPS) is 12.1. The van der Waals surface area contributed by atoms with E-state index in [1.807, 2.05) is 5.32 Å². The molecular weight excluding hydrogens is 382 g/mol. The predicted molar refractivity (Wildman–Crippen MR) is 92.9 cm³/mol. The van der Waals surface area contributed by atoms with Gasteiger partial charge in [-0.25, -0.2) is 23.1 Å². The SMILES string of the molecule is CNC(=O)NC(=O)C(OC(=O)c1csc(S(N)(=O)=O)c1)c1ccccc1. The molecule has 0 radical (unpaired) electrons. The van der Waals surface area contributed by atoms with Gasteiger partial charge in [-0.3, -0.25) is 10.1 Å². The zero-order valence-corrected chi connectivity index (χ0v) is 15.1. The molecule has 11 heteroatoms. The second-order valence-electron chi connectivity index (χ2n) is 4.96. The largest absolute Gasteiger partial charge is 0.444 e. The molecule has 0 saturated carbocycles. The Hall–Kier alpha value is -2.76. The van der Waals surface area contributed by atoms with Crippen molar-refractivity contribution in [2.75, 3.05) is 7.05 Å². The maximum Gasteiger partial charge on any atom is 0.340 e.